The van der Waals surface area contributed by atoms with E-state index < -0.39 is 42.1 Å². The molecule has 0 radical (unpaired) electrons. The minimum absolute atomic E-state index is 0.0246. The molecule has 0 saturated heterocycles. The van der Waals surface area contributed by atoms with E-state index in [4.69, 9.17) is 4.74 Å². The van der Waals surface area contributed by atoms with Crippen molar-refractivity contribution in [3.05, 3.63) is 83.6 Å². The second-order valence-corrected chi connectivity index (χ2v) is 11.4. The highest BCUT2D eigenvalue weighted by molar-refractivity contribution is 7.91. The van der Waals surface area contributed by atoms with Crippen LogP contribution in [-0.4, -0.2) is 27.1 Å². The maximum absolute atomic E-state index is 15.2. The molecule has 0 N–H and O–H groups in total. The van der Waals surface area contributed by atoms with E-state index in [-0.39, 0.29) is 27.1 Å². The van der Waals surface area contributed by atoms with Crippen LogP contribution in [-0.2, 0) is 19.9 Å². The van der Waals surface area contributed by atoms with Gasteiger partial charge in [-0.2, -0.15) is 0 Å². The lowest BCUT2D eigenvalue weighted by Gasteiger charge is -2.14. The number of nitrogens with zero attached hydrogens (tertiary/aromatic N) is 1. The fourth-order valence-electron chi connectivity index (χ4n) is 3.47. The molecule has 10 heteroatoms. The molecular formula is C23H19F2NO5S2. The van der Waals surface area contributed by atoms with Gasteiger partial charge < -0.3 is 4.74 Å². The van der Waals surface area contributed by atoms with E-state index in [1.807, 2.05) is 0 Å². The summed E-state index contributed by atoms with van der Waals surface area (Å²) in [5, 5.41) is -0.0246. The Kier molecular flexibility index (Phi) is 5.53. The molecular weight excluding hydrogens is 472 g/mol. The van der Waals surface area contributed by atoms with Crippen LogP contribution in [0.3, 0.4) is 0 Å². The maximum Gasteiger partial charge on any atom is 0.268 e. The lowest BCUT2D eigenvalue weighted by molar-refractivity contribution is 0.429. The number of benzene rings is 3. The van der Waals surface area contributed by atoms with Gasteiger partial charge in [-0.05, 0) is 55.8 Å². The van der Waals surface area contributed by atoms with Crippen LogP contribution in [0.1, 0.15) is 11.1 Å². The number of halogens is 2. The van der Waals surface area contributed by atoms with Crippen molar-refractivity contribution in [1.82, 2.24) is 3.97 Å². The van der Waals surface area contributed by atoms with Gasteiger partial charge in [0, 0.05) is 23.9 Å². The van der Waals surface area contributed by atoms with Gasteiger partial charge in [-0.3, -0.25) is 0 Å². The molecule has 6 nitrogen and oxygen atoms in total. The highest BCUT2D eigenvalue weighted by Gasteiger charge is 2.28. The summed E-state index contributed by atoms with van der Waals surface area (Å²) >= 11 is 0. The van der Waals surface area contributed by atoms with Gasteiger partial charge in [0.15, 0.2) is 21.4 Å². The molecule has 0 aliphatic rings. The largest absolute Gasteiger partial charge is 0.453 e. The quantitative estimate of drug-likeness (QED) is 0.394. The molecule has 33 heavy (non-hydrogen) atoms. The van der Waals surface area contributed by atoms with Gasteiger partial charge in [0.2, 0.25) is 0 Å². The number of aryl methyl sites for hydroxylation is 2. The predicted molar refractivity (Wildman–Crippen MR) is 120 cm³/mol. The molecule has 3 aromatic carbocycles. The average Bonchev–Trinajstić information content (AvgIpc) is 3.14. The SMILES string of the molecule is Cc1ccc(S(=O)(=O)n2ccc3c(S(C)(=O)=O)c(Oc4ccc(F)c(C)c4)c(F)cc32)cc1. The van der Waals surface area contributed by atoms with Gasteiger partial charge in [-0.1, -0.05) is 17.7 Å². The van der Waals surface area contributed by atoms with Crippen molar-refractivity contribution >= 4 is 30.8 Å². The molecule has 0 spiro atoms. The lowest BCUT2D eigenvalue weighted by Crippen LogP contribution is -2.12. The van der Waals surface area contributed by atoms with Crippen LogP contribution in [0.2, 0.25) is 0 Å². The van der Waals surface area contributed by atoms with Gasteiger partial charge in [-0.15, -0.1) is 0 Å². The molecule has 0 aliphatic heterocycles. The smallest absolute Gasteiger partial charge is 0.268 e. The zero-order valence-electron chi connectivity index (χ0n) is 17.8. The third-order valence-electron chi connectivity index (χ3n) is 5.12. The number of fused-ring (bicyclic) bond motifs is 1. The molecule has 1 aromatic heterocycles. The van der Waals surface area contributed by atoms with Gasteiger partial charge >= 0.3 is 0 Å². The molecule has 0 atom stereocenters. The van der Waals surface area contributed by atoms with E-state index in [0.717, 1.165) is 27.9 Å². The number of hydrogen-bond donors (Lipinski definition) is 0. The summed E-state index contributed by atoms with van der Waals surface area (Å²) < 4.78 is 86.7. The summed E-state index contributed by atoms with van der Waals surface area (Å²) in [6.45, 7) is 3.29. The standard InChI is InChI=1S/C23H19F2NO5S2/c1-14-4-7-17(8-5-14)33(29,30)26-11-10-18-21(26)13-20(25)22(23(18)32(3,27)28)31-16-6-9-19(24)15(2)12-16/h4-13H,1-3H3. The Morgan fingerprint density at radius 1 is 0.848 bits per heavy atom. The molecule has 4 aromatic rings. The second-order valence-electron chi connectivity index (χ2n) is 7.66. The summed E-state index contributed by atoms with van der Waals surface area (Å²) in [4.78, 5) is -0.536. The highest BCUT2D eigenvalue weighted by Crippen LogP contribution is 2.39. The molecule has 0 unspecified atom stereocenters. The topological polar surface area (TPSA) is 82.4 Å². The van der Waals surface area contributed by atoms with Gasteiger partial charge in [-0.25, -0.2) is 29.6 Å². The summed E-state index contributed by atoms with van der Waals surface area (Å²) in [6, 6.07) is 11.9. The molecule has 4 rings (SSSR count). The molecule has 172 valence electrons. The summed E-state index contributed by atoms with van der Waals surface area (Å²) in [5.41, 5.74) is 0.927. The van der Waals surface area contributed by atoms with Gasteiger partial charge in [0.05, 0.1) is 10.4 Å². The normalized spacial score (nSPS) is 12.3. The first-order valence-corrected chi connectivity index (χ1v) is 13.0. The van der Waals surface area contributed by atoms with Crippen molar-refractivity contribution in [2.75, 3.05) is 6.26 Å². The second kappa shape index (κ2) is 7.96. The fourth-order valence-corrected chi connectivity index (χ4v) is 5.86. The zero-order chi connectivity index (χ0) is 24.1. The number of hydrogen-bond acceptors (Lipinski definition) is 5. The van der Waals surface area contributed by atoms with Gasteiger partial charge in [0.1, 0.15) is 16.5 Å². The van der Waals surface area contributed by atoms with Crippen molar-refractivity contribution in [3.8, 4) is 11.5 Å². The van der Waals surface area contributed by atoms with Crippen molar-refractivity contribution in [2.45, 2.75) is 23.6 Å². The first-order valence-electron chi connectivity index (χ1n) is 9.69. The maximum atomic E-state index is 15.2. The monoisotopic (exact) mass is 491 g/mol. The number of rotatable bonds is 5. The Bertz CT molecular complexity index is 1610. The first kappa shape index (κ1) is 22.9. The predicted octanol–water partition coefficient (Wildman–Crippen LogP) is 4.97. The summed E-state index contributed by atoms with van der Waals surface area (Å²) in [6.07, 6.45) is 2.04. The van der Waals surface area contributed by atoms with Crippen molar-refractivity contribution in [2.24, 2.45) is 0 Å². The first-order chi connectivity index (χ1) is 15.4. The van der Waals surface area contributed by atoms with Crippen LogP contribution >= 0.6 is 0 Å². The van der Waals surface area contributed by atoms with Crippen LogP contribution in [0.25, 0.3) is 10.9 Å². The van der Waals surface area contributed by atoms with Crippen LogP contribution in [0.4, 0.5) is 8.78 Å². The average molecular weight is 492 g/mol. The van der Waals surface area contributed by atoms with Crippen molar-refractivity contribution in [1.29, 1.82) is 0 Å². The number of aromatic nitrogens is 1. The van der Waals surface area contributed by atoms with Crippen LogP contribution in [0.15, 0.2) is 70.6 Å². The fraction of sp³-hybridized carbons (Fsp3) is 0.130. The third kappa shape index (κ3) is 4.11. The van der Waals surface area contributed by atoms with E-state index in [0.29, 0.717) is 0 Å². The number of sulfone groups is 1. The highest BCUT2D eigenvalue weighted by atomic mass is 32.2. The van der Waals surface area contributed by atoms with E-state index in [9.17, 15) is 21.2 Å². The Labute approximate surface area is 190 Å². The number of ether oxygens (including phenoxy) is 1. The molecule has 0 amide bonds. The van der Waals surface area contributed by atoms with E-state index in [1.165, 1.54) is 43.5 Å². The molecule has 0 bridgehead atoms. The third-order valence-corrected chi connectivity index (χ3v) is 7.97. The summed E-state index contributed by atoms with van der Waals surface area (Å²) in [5.74, 6) is -2.14. The summed E-state index contributed by atoms with van der Waals surface area (Å²) in [7, 11) is -8.20. The van der Waals surface area contributed by atoms with E-state index >= 15 is 4.39 Å². The van der Waals surface area contributed by atoms with Crippen molar-refractivity contribution < 1.29 is 30.4 Å². The van der Waals surface area contributed by atoms with Crippen LogP contribution < -0.4 is 4.74 Å². The molecule has 0 aliphatic carbocycles. The lowest BCUT2D eigenvalue weighted by atomic mass is 10.2. The molecule has 0 fully saturated rings. The van der Waals surface area contributed by atoms with Crippen LogP contribution in [0, 0.1) is 25.5 Å². The Balaban J connectivity index is 1.95. The minimum Gasteiger partial charge on any atom is -0.453 e. The molecule has 0 saturated carbocycles. The zero-order valence-corrected chi connectivity index (χ0v) is 19.5. The Morgan fingerprint density at radius 3 is 2.12 bits per heavy atom. The van der Waals surface area contributed by atoms with Crippen LogP contribution in [0.5, 0.6) is 11.5 Å². The Morgan fingerprint density at radius 2 is 1.52 bits per heavy atom. The van der Waals surface area contributed by atoms with Gasteiger partial charge in [0.25, 0.3) is 10.0 Å². The minimum atomic E-state index is -4.13. The molecule has 1 heterocycles. The van der Waals surface area contributed by atoms with E-state index in [1.54, 1.807) is 19.1 Å². The Hall–Kier alpha value is -3.24. The van der Waals surface area contributed by atoms with Crippen molar-refractivity contribution in [3.63, 3.8) is 0 Å². The van der Waals surface area contributed by atoms with E-state index in [2.05, 4.69) is 0 Å².